The fraction of sp³-hybridized carbons (Fsp3) is 0.412. The molecule has 0 spiro atoms. The first-order chi connectivity index (χ1) is 9.54. The Morgan fingerprint density at radius 3 is 2.55 bits per heavy atom. The molecule has 0 amide bonds. The van der Waals surface area contributed by atoms with Crippen molar-refractivity contribution in [3.63, 3.8) is 0 Å². The zero-order valence-corrected chi connectivity index (χ0v) is 12.4. The highest BCUT2D eigenvalue weighted by atomic mass is 16.5. The van der Waals surface area contributed by atoms with E-state index in [-0.39, 0.29) is 11.8 Å². The van der Waals surface area contributed by atoms with Crippen LogP contribution in [0.3, 0.4) is 0 Å². The summed E-state index contributed by atoms with van der Waals surface area (Å²) in [7, 11) is 0. The van der Waals surface area contributed by atoms with Gasteiger partial charge in [0.15, 0.2) is 0 Å². The fourth-order valence-electron chi connectivity index (χ4n) is 2.09. The molecule has 0 bridgehead atoms. The zero-order valence-electron chi connectivity index (χ0n) is 12.4. The van der Waals surface area contributed by atoms with Gasteiger partial charge in [0.2, 0.25) is 0 Å². The Balaban J connectivity index is 2.83. The van der Waals surface area contributed by atoms with Crippen molar-refractivity contribution >= 4 is 17.3 Å². The molecule has 0 aromatic heterocycles. The predicted molar refractivity (Wildman–Crippen MR) is 80.3 cm³/mol. The van der Waals surface area contributed by atoms with E-state index in [0.29, 0.717) is 13.0 Å². The summed E-state index contributed by atoms with van der Waals surface area (Å²) in [6.45, 7) is 5.68. The summed E-state index contributed by atoms with van der Waals surface area (Å²) in [5.74, 6) is -0.107. The lowest BCUT2D eigenvalue weighted by molar-refractivity contribution is -0.137. The average molecular weight is 274 g/mol. The Labute approximate surface area is 120 Å². The first-order valence-corrected chi connectivity index (χ1v) is 6.97. The molecule has 0 aliphatic carbocycles. The second kappa shape index (κ2) is 8.31. The average Bonchev–Trinajstić information content (AvgIpc) is 2.39. The first-order valence-electron chi connectivity index (χ1n) is 6.97. The summed E-state index contributed by atoms with van der Waals surface area (Å²) in [4.78, 5) is 22.5. The number of carbonyl (C=O) groups excluding carboxylic acids is 2. The van der Waals surface area contributed by atoms with Crippen molar-refractivity contribution in [2.45, 2.75) is 40.0 Å². The van der Waals surface area contributed by atoms with Crippen LogP contribution < -0.4 is 0 Å². The molecule has 1 rings (SSSR count). The topological polar surface area (TPSA) is 43.4 Å². The van der Waals surface area contributed by atoms with Crippen molar-refractivity contribution in [3.8, 4) is 0 Å². The highest BCUT2D eigenvalue weighted by Crippen LogP contribution is 2.20. The number of esters is 1. The van der Waals surface area contributed by atoms with Gasteiger partial charge in [-0.1, -0.05) is 24.3 Å². The summed E-state index contributed by atoms with van der Waals surface area (Å²) < 4.78 is 4.93. The number of ether oxygens (including phenoxy) is 1. The third-order valence-electron chi connectivity index (χ3n) is 3.04. The van der Waals surface area contributed by atoms with Crippen molar-refractivity contribution in [3.05, 3.63) is 41.5 Å². The molecule has 20 heavy (non-hydrogen) atoms. The van der Waals surface area contributed by atoms with E-state index in [1.54, 1.807) is 13.8 Å². The van der Waals surface area contributed by atoms with Gasteiger partial charge in [0.25, 0.3) is 0 Å². The van der Waals surface area contributed by atoms with Gasteiger partial charge in [-0.05, 0) is 50.3 Å². The molecule has 3 heteroatoms. The number of aryl methyl sites for hydroxylation is 1. The zero-order chi connectivity index (χ0) is 15.0. The summed E-state index contributed by atoms with van der Waals surface area (Å²) in [6.07, 6.45) is 3.78. The molecule has 1 aromatic carbocycles. The Bertz CT molecular complexity index is 501. The van der Waals surface area contributed by atoms with E-state index < -0.39 is 0 Å². The predicted octanol–water partition coefficient (Wildman–Crippen LogP) is 3.56. The summed E-state index contributed by atoms with van der Waals surface area (Å²) in [6, 6.07) is 7.96. The third-order valence-corrected chi connectivity index (χ3v) is 3.04. The van der Waals surface area contributed by atoms with E-state index in [4.69, 9.17) is 4.74 Å². The van der Waals surface area contributed by atoms with Crippen LogP contribution in [0.5, 0.6) is 0 Å². The van der Waals surface area contributed by atoms with Gasteiger partial charge in [0.05, 0.1) is 6.61 Å². The van der Waals surface area contributed by atoms with Gasteiger partial charge in [-0.3, -0.25) is 0 Å². The molecular weight excluding hydrogens is 252 g/mol. The number of Topliss-reactive ketones (excluding diaryl/α,β-unsaturated/α-hetero) is 1. The molecule has 0 heterocycles. The normalized spacial score (nSPS) is 11.2. The lowest BCUT2D eigenvalue weighted by Crippen LogP contribution is -2.01. The van der Waals surface area contributed by atoms with Crippen molar-refractivity contribution < 1.29 is 14.3 Å². The third kappa shape index (κ3) is 5.39. The summed E-state index contributed by atoms with van der Waals surface area (Å²) >= 11 is 0. The van der Waals surface area contributed by atoms with Crippen LogP contribution in [-0.2, 0) is 20.7 Å². The van der Waals surface area contributed by atoms with E-state index in [9.17, 15) is 9.59 Å². The number of hydrogen-bond donors (Lipinski definition) is 0. The molecule has 0 aliphatic rings. The number of allylic oxidation sites excluding steroid dienone is 1. The molecule has 1 aromatic rings. The lowest BCUT2D eigenvalue weighted by atomic mass is 9.96. The SMILES string of the molecule is CCOC(=O)/C=C(\C)c1ccccc1CCCC(C)=O. The molecule has 0 saturated carbocycles. The maximum absolute atomic E-state index is 11.5. The highest BCUT2D eigenvalue weighted by Gasteiger charge is 2.06. The van der Waals surface area contributed by atoms with Crippen LogP contribution in [0.25, 0.3) is 5.57 Å². The van der Waals surface area contributed by atoms with Gasteiger partial charge in [-0.15, -0.1) is 0 Å². The molecule has 3 nitrogen and oxygen atoms in total. The minimum Gasteiger partial charge on any atom is -0.463 e. The van der Waals surface area contributed by atoms with Crippen molar-refractivity contribution in [1.29, 1.82) is 0 Å². The van der Waals surface area contributed by atoms with E-state index in [1.807, 2.05) is 31.2 Å². The van der Waals surface area contributed by atoms with Gasteiger partial charge in [0, 0.05) is 12.5 Å². The summed E-state index contributed by atoms with van der Waals surface area (Å²) in [5.41, 5.74) is 3.10. The standard InChI is InChI=1S/C17H22O3/c1-4-20-17(19)12-13(2)16-11-6-5-9-15(16)10-7-8-14(3)18/h5-6,9,11-12H,4,7-8,10H2,1-3H3/b13-12+. The Hall–Kier alpha value is -1.90. The van der Waals surface area contributed by atoms with Gasteiger partial charge >= 0.3 is 5.97 Å². The molecule has 0 radical (unpaired) electrons. The molecule has 0 atom stereocenters. The van der Waals surface area contributed by atoms with Gasteiger partial charge in [0.1, 0.15) is 5.78 Å². The number of rotatable bonds is 7. The van der Waals surface area contributed by atoms with Crippen molar-refractivity contribution in [2.24, 2.45) is 0 Å². The Morgan fingerprint density at radius 1 is 1.20 bits per heavy atom. The molecule has 0 saturated heterocycles. The quantitative estimate of drug-likeness (QED) is 0.564. The number of hydrogen-bond acceptors (Lipinski definition) is 3. The van der Waals surface area contributed by atoms with Gasteiger partial charge in [-0.2, -0.15) is 0 Å². The second-order valence-electron chi connectivity index (χ2n) is 4.79. The Morgan fingerprint density at radius 2 is 1.90 bits per heavy atom. The molecular formula is C17H22O3. The second-order valence-corrected chi connectivity index (χ2v) is 4.79. The minimum absolute atomic E-state index is 0.210. The van der Waals surface area contributed by atoms with Crippen molar-refractivity contribution in [1.82, 2.24) is 0 Å². The molecule has 108 valence electrons. The van der Waals surface area contributed by atoms with Crippen LogP contribution >= 0.6 is 0 Å². The molecule has 0 N–H and O–H groups in total. The summed E-state index contributed by atoms with van der Waals surface area (Å²) in [5, 5.41) is 0. The van der Waals surface area contributed by atoms with Crippen LogP contribution in [0.15, 0.2) is 30.3 Å². The van der Waals surface area contributed by atoms with Crippen molar-refractivity contribution in [2.75, 3.05) is 6.61 Å². The number of ketones is 1. The van der Waals surface area contributed by atoms with E-state index >= 15 is 0 Å². The molecule has 0 fully saturated rings. The molecule has 0 unspecified atom stereocenters. The van der Waals surface area contributed by atoms with Crippen LogP contribution in [0, 0.1) is 0 Å². The van der Waals surface area contributed by atoms with E-state index in [2.05, 4.69) is 0 Å². The Kier molecular flexibility index (Phi) is 6.71. The number of benzene rings is 1. The highest BCUT2D eigenvalue weighted by molar-refractivity contribution is 5.91. The minimum atomic E-state index is -0.316. The van der Waals surface area contributed by atoms with Crippen LogP contribution in [0.2, 0.25) is 0 Å². The maximum atomic E-state index is 11.5. The number of carbonyl (C=O) groups is 2. The van der Waals surface area contributed by atoms with Crippen LogP contribution in [0.4, 0.5) is 0 Å². The lowest BCUT2D eigenvalue weighted by Gasteiger charge is -2.09. The van der Waals surface area contributed by atoms with Gasteiger partial charge in [-0.25, -0.2) is 4.79 Å². The van der Waals surface area contributed by atoms with E-state index in [1.165, 1.54) is 6.08 Å². The monoisotopic (exact) mass is 274 g/mol. The first kappa shape index (κ1) is 16.2. The van der Waals surface area contributed by atoms with Gasteiger partial charge < -0.3 is 9.53 Å². The smallest absolute Gasteiger partial charge is 0.331 e. The van der Waals surface area contributed by atoms with E-state index in [0.717, 1.165) is 29.5 Å². The van der Waals surface area contributed by atoms with Crippen LogP contribution in [0.1, 0.15) is 44.7 Å². The van der Waals surface area contributed by atoms with Crippen LogP contribution in [-0.4, -0.2) is 18.4 Å². The fourth-order valence-corrected chi connectivity index (χ4v) is 2.09. The maximum Gasteiger partial charge on any atom is 0.331 e. The molecule has 0 aliphatic heterocycles. The largest absolute Gasteiger partial charge is 0.463 e.